The molecule has 264 valence electrons. The van der Waals surface area contributed by atoms with Crippen molar-refractivity contribution in [2.24, 2.45) is 0 Å². The van der Waals surface area contributed by atoms with Gasteiger partial charge < -0.3 is 105 Å². The average Bonchev–Trinajstić information content (AvgIpc) is 3.03. The maximum Gasteiger partial charge on any atom is 0.187 e. The molecule has 0 aromatic heterocycles. The summed E-state index contributed by atoms with van der Waals surface area (Å²) in [6, 6.07) is 0. The van der Waals surface area contributed by atoms with Crippen molar-refractivity contribution >= 4 is 0 Å². The van der Waals surface area contributed by atoms with Gasteiger partial charge in [-0.15, -0.1) is 0 Å². The average molecular weight is 667 g/mol. The fourth-order valence-electron chi connectivity index (χ4n) is 5.54. The standard InChI is InChI=1S/C24H42O21/c25-1-5-9(29)11(31)15(35)22(40-5)43-19-8(4-28)42-23(16(36)13(19)33)45-20-10(30)6(2-26)41-24(17(20)37)44-18-7(3-27)39-21(38)14(34)12(18)32/h5-38H,1-4H2/t5-,6-,7-,8-,9+,10+,11+,12-,13-,14-,15-,16-,17-,18+,19+,20+,21-,22+,23+,24+/m1/s1. The Balaban J connectivity index is 1.48. The van der Waals surface area contributed by atoms with Gasteiger partial charge in [0, 0.05) is 0 Å². The first kappa shape index (κ1) is 37.0. The van der Waals surface area contributed by atoms with Crippen molar-refractivity contribution in [2.45, 2.75) is 123 Å². The number of aliphatic hydroxyl groups excluding tert-OH is 14. The second-order valence-electron chi connectivity index (χ2n) is 11.1. The van der Waals surface area contributed by atoms with Gasteiger partial charge in [0.05, 0.1) is 26.4 Å². The number of rotatable bonds is 10. The molecule has 0 amide bonds. The summed E-state index contributed by atoms with van der Waals surface area (Å²) < 4.78 is 37.7. The molecule has 4 saturated heterocycles. The second-order valence-corrected chi connectivity index (χ2v) is 11.1. The van der Waals surface area contributed by atoms with E-state index in [1.54, 1.807) is 0 Å². The van der Waals surface area contributed by atoms with E-state index in [0.717, 1.165) is 0 Å². The smallest absolute Gasteiger partial charge is 0.187 e. The number of hydrogen-bond donors (Lipinski definition) is 14. The maximum atomic E-state index is 11.0. The van der Waals surface area contributed by atoms with E-state index >= 15 is 0 Å². The van der Waals surface area contributed by atoms with Gasteiger partial charge in [0.2, 0.25) is 0 Å². The van der Waals surface area contributed by atoms with Crippen LogP contribution in [0.5, 0.6) is 0 Å². The Kier molecular flexibility index (Phi) is 12.8. The molecule has 21 heteroatoms. The van der Waals surface area contributed by atoms with Crippen LogP contribution in [-0.2, 0) is 33.2 Å². The van der Waals surface area contributed by atoms with Crippen LogP contribution < -0.4 is 0 Å². The topological polar surface area (TPSA) is 348 Å². The van der Waals surface area contributed by atoms with Crippen LogP contribution in [0, 0.1) is 0 Å². The summed E-state index contributed by atoms with van der Waals surface area (Å²) in [6.07, 6.45) is -35.6. The Morgan fingerprint density at radius 1 is 0.333 bits per heavy atom. The van der Waals surface area contributed by atoms with E-state index in [1.165, 1.54) is 0 Å². The molecule has 0 aliphatic carbocycles. The van der Waals surface area contributed by atoms with E-state index in [0.29, 0.717) is 0 Å². The lowest BCUT2D eigenvalue weighted by molar-refractivity contribution is -0.388. The van der Waals surface area contributed by atoms with Gasteiger partial charge in [0.25, 0.3) is 0 Å². The molecule has 0 aromatic rings. The molecule has 45 heavy (non-hydrogen) atoms. The Labute approximate surface area is 254 Å². The zero-order valence-corrected chi connectivity index (χ0v) is 23.5. The van der Waals surface area contributed by atoms with Crippen molar-refractivity contribution in [3.63, 3.8) is 0 Å². The molecule has 4 aliphatic rings. The molecule has 14 N–H and O–H groups in total. The van der Waals surface area contributed by atoms with E-state index in [4.69, 9.17) is 33.2 Å². The summed E-state index contributed by atoms with van der Waals surface area (Å²) in [5.41, 5.74) is 0. The van der Waals surface area contributed by atoms with Crippen molar-refractivity contribution in [1.82, 2.24) is 0 Å². The van der Waals surface area contributed by atoms with Crippen LogP contribution in [0.2, 0.25) is 0 Å². The van der Waals surface area contributed by atoms with Crippen LogP contribution >= 0.6 is 0 Å². The number of ether oxygens (including phenoxy) is 7. The van der Waals surface area contributed by atoms with Gasteiger partial charge in [-0.3, -0.25) is 0 Å². The van der Waals surface area contributed by atoms with Gasteiger partial charge in [-0.05, 0) is 0 Å². The summed E-state index contributed by atoms with van der Waals surface area (Å²) in [6.45, 7) is -3.41. The van der Waals surface area contributed by atoms with Crippen molar-refractivity contribution in [2.75, 3.05) is 26.4 Å². The zero-order valence-electron chi connectivity index (χ0n) is 23.5. The van der Waals surface area contributed by atoms with Crippen molar-refractivity contribution < 1.29 is 105 Å². The summed E-state index contributed by atoms with van der Waals surface area (Å²) in [4.78, 5) is 0. The lowest BCUT2D eigenvalue weighted by Crippen LogP contribution is -2.67. The molecule has 4 fully saturated rings. The summed E-state index contributed by atoms with van der Waals surface area (Å²) in [5.74, 6) is 0. The van der Waals surface area contributed by atoms with E-state index in [-0.39, 0.29) is 0 Å². The highest BCUT2D eigenvalue weighted by molar-refractivity contribution is 4.97. The Morgan fingerprint density at radius 3 is 1.22 bits per heavy atom. The lowest BCUT2D eigenvalue weighted by Gasteiger charge is -2.49. The molecule has 4 heterocycles. The molecule has 21 nitrogen and oxygen atoms in total. The van der Waals surface area contributed by atoms with E-state index in [2.05, 4.69) is 0 Å². The highest BCUT2D eigenvalue weighted by atomic mass is 16.8. The minimum Gasteiger partial charge on any atom is -0.394 e. The van der Waals surface area contributed by atoms with E-state index in [1.807, 2.05) is 0 Å². The van der Waals surface area contributed by atoms with Crippen LogP contribution in [-0.4, -0.2) is 221 Å². The Hall–Kier alpha value is -0.840. The normalized spacial score (nSPS) is 52.9. The van der Waals surface area contributed by atoms with Gasteiger partial charge in [0.1, 0.15) is 97.7 Å². The summed E-state index contributed by atoms with van der Waals surface area (Å²) >= 11 is 0. The molecule has 0 spiro atoms. The fraction of sp³-hybridized carbons (Fsp3) is 1.00. The monoisotopic (exact) mass is 666 g/mol. The molecule has 0 unspecified atom stereocenters. The summed E-state index contributed by atoms with van der Waals surface area (Å²) in [5, 5.41) is 143. The third-order valence-electron chi connectivity index (χ3n) is 8.20. The minimum absolute atomic E-state index is 0.790. The predicted octanol–water partition coefficient (Wildman–Crippen LogP) is -9.75. The second kappa shape index (κ2) is 15.6. The maximum absolute atomic E-state index is 11.0. The van der Waals surface area contributed by atoms with Crippen LogP contribution in [0.25, 0.3) is 0 Å². The van der Waals surface area contributed by atoms with Gasteiger partial charge >= 0.3 is 0 Å². The quantitative estimate of drug-likeness (QED) is 0.103. The third-order valence-corrected chi connectivity index (χ3v) is 8.20. The van der Waals surface area contributed by atoms with E-state index < -0.39 is 149 Å². The third kappa shape index (κ3) is 7.44. The minimum atomic E-state index is -2.05. The van der Waals surface area contributed by atoms with Gasteiger partial charge in [-0.2, -0.15) is 0 Å². The molecule has 0 bridgehead atoms. The number of hydrogen-bond acceptors (Lipinski definition) is 21. The van der Waals surface area contributed by atoms with E-state index in [9.17, 15) is 71.5 Å². The highest BCUT2D eigenvalue weighted by Crippen LogP contribution is 2.34. The van der Waals surface area contributed by atoms with Crippen molar-refractivity contribution in [1.29, 1.82) is 0 Å². The van der Waals surface area contributed by atoms with Crippen LogP contribution in [0.4, 0.5) is 0 Å². The summed E-state index contributed by atoms with van der Waals surface area (Å²) in [7, 11) is 0. The van der Waals surface area contributed by atoms with Crippen LogP contribution in [0.1, 0.15) is 0 Å². The van der Waals surface area contributed by atoms with Gasteiger partial charge in [-0.1, -0.05) is 0 Å². The Bertz CT molecular complexity index is 912. The van der Waals surface area contributed by atoms with Crippen molar-refractivity contribution in [3.05, 3.63) is 0 Å². The molecule has 0 radical (unpaired) electrons. The lowest BCUT2D eigenvalue weighted by atomic mass is 9.95. The highest BCUT2D eigenvalue weighted by Gasteiger charge is 2.55. The fourth-order valence-corrected chi connectivity index (χ4v) is 5.54. The molecular formula is C24H42O21. The molecule has 0 saturated carbocycles. The van der Waals surface area contributed by atoms with Crippen LogP contribution in [0.15, 0.2) is 0 Å². The first-order chi connectivity index (χ1) is 21.3. The van der Waals surface area contributed by atoms with Gasteiger partial charge in [-0.25, -0.2) is 0 Å². The predicted molar refractivity (Wildman–Crippen MR) is 134 cm³/mol. The Morgan fingerprint density at radius 2 is 0.711 bits per heavy atom. The zero-order chi connectivity index (χ0) is 33.3. The largest absolute Gasteiger partial charge is 0.394 e. The first-order valence-corrected chi connectivity index (χ1v) is 14.1. The molecule has 0 aromatic carbocycles. The molecule has 4 rings (SSSR count). The van der Waals surface area contributed by atoms with Crippen LogP contribution in [0.3, 0.4) is 0 Å². The SMILES string of the molecule is OC[C@H]1O[C@@H](O[C@@H]2[C@H](O)[C@@H](O)[C@H](O[C@H]3[C@@H](O)[C@@H](CO)O[C@@H](O[C@@H]4[C@H](O)[C@@H](O)[C@H](O)O[C@@H]4CO)[C@@H]3O)O[C@@H]2CO)[C@H](O)[C@@H](O)[C@H]1O. The molecule has 4 aliphatic heterocycles. The number of aliphatic hydroxyl groups is 14. The van der Waals surface area contributed by atoms with Crippen molar-refractivity contribution in [3.8, 4) is 0 Å². The molecule has 20 atom stereocenters. The first-order valence-electron chi connectivity index (χ1n) is 14.1. The van der Waals surface area contributed by atoms with Gasteiger partial charge in [0.15, 0.2) is 25.2 Å². The molecular weight excluding hydrogens is 624 g/mol.